The van der Waals surface area contributed by atoms with E-state index < -0.39 is 0 Å². The zero-order valence-corrected chi connectivity index (χ0v) is 19.0. The van der Waals surface area contributed by atoms with Gasteiger partial charge < -0.3 is 0 Å². The Labute approximate surface area is 196 Å². The maximum absolute atomic E-state index is 2.33. The number of rotatable bonds is 3. The lowest BCUT2D eigenvalue weighted by molar-refractivity contribution is 0.767. The van der Waals surface area contributed by atoms with Crippen molar-refractivity contribution in [3.8, 4) is 22.3 Å². The molecule has 0 saturated heterocycles. The second-order valence-corrected chi connectivity index (χ2v) is 9.12. The van der Waals surface area contributed by atoms with E-state index >= 15 is 0 Å². The van der Waals surface area contributed by atoms with E-state index in [4.69, 9.17) is 0 Å². The van der Waals surface area contributed by atoms with Crippen LogP contribution in [0.2, 0.25) is 0 Å². The summed E-state index contributed by atoms with van der Waals surface area (Å²) in [4.78, 5) is 0. The molecule has 0 radical (unpaired) electrons. The summed E-state index contributed by atoms with van der Waals surface area (Å²) < 4.78 is 0. The van der Waals surface area contributed by atoms with E-state index in [0.717, 1.165) is 0 Å². The summed E-state index contributed by atoms with van der Waals surface area (Å²) in [6, 6.07) is 44.8. The third-order valence-electron chi connectivity index (χ3n) is 7.12. The molecule has 0 spiro atoms. The largest absolute Gasteiger partial charge is 0.0713 e. The molecule has 1 aliphatic carbocycles. The molecule has 0 unspecified atom stereocenters. The van der Waals surface area contributed by atoms with Crippen LogP contribution in [0.15, 0.2) is 121 Å². The molecule has 1 aliphatic rings. The Morgan fingerprint density at radius 3 is 1.58 bits per heavy atom. The van der Waals surface area contributed by atoms with E-state index in [1.807, 2.05) is 0 Å². The molecule has 0 aromatic heterocycles. The Morgan fingerprint density at radius 1 is 0.424 bits per heavy atom. The number of fused-ring (bicyclic) bond motifs is 3. The third-order valence-corrected chi connectivity index (χ3v) is 7.12. The number of hydrogen-bond donors (Lipinski definition) is 0. The summed E-state index contributed by atoms with van der Waals surface area (Å²) in [5.74, 6) is 0. The Kier molecular flexibility index (Phi) is 4.55. The van der Waals surface area contributed by atoms with Crippen LogP contribution in [0.5, 0.6) is 0 Å². The summed E-state index contributed by atoms with van der Waals surface area (Å²) in [6.45, 7) is 4.32. The molecule has 0 nitrogen and oxygen atoms in total. The predicted octanol–water partition coefficient (Wildman–Crippen LogP) is 8.33. The molecule has 0 fully saturated rings. The zero-order valence-electron chi connectivity index (χ0n) is 19.0. The van der Waals surface area contributed by atoms with Gasteiger partial charge >= 0.3 is 0 Å². The Hall–Kier alpha value is -3.90. The van der Waals surface area contributed by atoms with Crippen LogP contribution in [0, 0.1) is 13.8 Å². The van der Waals surface area contributed by atoms with Crippen LogP contribution in [0.25, 0.3) is 22.3 Å². The minimum absolute atomic E-state index is 0.349. The minimum atomic E-state index is -0.349. The van der Waals surface area contributed by atoms with Crippen molar-refractivity contribution in [1.29, 1.82) is 0 Å². The summed E-state index contributed by atoms with van der Waals surface area (Å²) in [7, 11) is 0. The third kappa shape index (κ3) is 2.91. The van der Waals surface area contributed by atoms with Gasteiger partial charge in [0.1, 0.15) is 0 Å². The van der Waals surface area contributed by atoms with Crippen molar-refractivity contribution >= 4 is 0 Å². The predicted molar refractivity (Wildman–Crippen MR) is 139 cm³/mol. The molecule has 0 heterocycles. The normalized spacial score (nSPS) is 13.4. The molecular formula is C33H26. The van der Waals surface area contributed by atoms with Gasteiger partial charge in [-0.05, 0) is 58.4 Å². The monoisotopic (exact) mass is 422 g/mol. The van der Waals surface area contributed by atoms with Crippen molar-refractivity contribution < 1.29 is 0 Å². The van der Waals surface area contributed by atoms with E-state index in [2.05, 4.69) is 135 Å². The SMILES string of the molecule is Cc1ccc(C2(c3ccc(C)cc3)c3ccccc3-c3c(-c4ccccc4)cccc32)cc1. The summed E-state index contributed by atoms with van der Waals surface area (Å²) >= 11 is 0. The minimum Gasteiger partial charge on any atom is -0.0622 e. The van der Waals surface area contributed by atoms with Gasteiger partial charge in [-0.2, -0.15) is 0 Å². The zero-order chi connectivity index (χ0) is 22.4. The quantitative estimate of drug-likeness (QED) is 0.269. The van der Waals surface area contributed by atoms with Gasteiger partial charge in [-0.1, -0.05) is 132 Å². The maximum Gasteiger partial charge on any atom is 0.0713 e. The van der Waals surface area contributed by atoms with E-state index in [1.165, 1.54) is 55.6 Å². The molecule has 0 bridgehead atoms. The van der Waals surface area contributed by atoms with Gasteiger partial charge in [-0.25, -0.2) is 0 Å². The first-order valence-corrected chi connectivity index (χ1v) is 11.6. The van der Waals surface area contributed by atoms with Crippen molar-refractivity contribution in [3.63, 3.8) is 0 Å². The lowest BCUT2D eigenvalue weighted by Crippen LogP contribution is -2.28. The fourth-order valence-electron chi connectivity index (χ4n) is 5.58. The molecule has 6 rings (SSSR count). The van der Waals surface area contributed by atoms with Gasteiger partial charge in [0.05, 0.1) is 5.41 Å². The first kappa shape index (κ1) is 19.8. The van der Waals surface area contributed by atoms with Crippen LogP contribution >= 0.6 is 0 Å². The molecular weight excluding hydrogens is 396 g/mol. The number of benzene rings is 5. The van der Waals surface area contributed by atoms with Gasteiger partial charge in [-0.3, -0.25) is 0 Å². The summed E-state index contributed by atoms with van der Waals surface area (Å²) in [6.07, 6.45) is 0. The highest BCUT2D eigenvalue weighted by molar-refractivity contribution is 5.95. The first-order chi connectivity index (χ1) is 16.2. The molecule has 5 aromatic rings. The van der Waals surface area contributed by atoms with Gasteiger partial charge in [0.15, 0.2) is 0 Å². The van der Waals surface area contributed by atoms with Gasteiger partial charge in [0.25, 0.3) is 0 Å². The van der Waals surface area contributed by atoms with Crippen LogP contribution in [0.4, 0.5) is 0 Å². The first-order valence-electron chi connectivity index (χ1n) is 11.6. The van der Waals surface area contributed by atoms with Crippen LogP contribution in [-0.2, 0) is 5.41 Å². The van der Waals surface area contributed by atoms with E-state index in [9.17, 15) is 0 Å². The van der Waals surface area contributed by atoms with Gasteiger partial charge in [0, 0.05) is 0 Å². The fraction of sp³-hybridized carbons (Fsp3) is 0.0909. The van der Waals surface area contributed by atoms with Crippen LogP contribution in [0.1, 0.15) is 33.4 Å². The lowest BCUT2D eigenvalue weighted by Gasteiger charge is -2.34. The number of hydrogen-bond acceptors (Lipinski definition) is 0. The molecule has 0 saturated carbocycles. The maximum atomic E-state index is 2.33. The topological polar surface area (TPSA) is 0 Å². The highest BCUT2D eigenvalue weighted by Gasteiger charge is 2.46. The van der Waals surface area contributed by atoms with Gasteiger partial charge in [0.2, 0.25) is 0 Å². The highest BCUT2D eigenvalue weighted by atomic mass is 14.5. The standard InChI is InChI=1S/C33H26/c1-23-15-19-26(20-16-23)33(27-21-17-24(2)18-22-27)30-13-7-6-11-29(30)32-28(12-8-14-31(32)33)25-9-4-3-5-10-25/h3-22H,1-2H3. The fourth-order valence-corrected chi connectivity index (χ4v) is 5.58. The van der Waals surface area contributed by atoms with Crippen molar-refractivity contribution in [2.24, 2.45) is 0 Å². The average molecular weight is 423 g/mol. The Morgan fingerprint density at radius 2 is 0.939 bits per heavy atom. The smallest absolute Gasteiger partial charge is 0.0622 e. The molecule has 0 aliphatic heterocycles. The van der Waals surface area contributed by atoms with E-state index in [-0.39, 0.29) is 5.41 Å². The Balaban J connectivity index is 1.77. The lowest BCUT2D eigenvalue weighted by atomic mass is 9.67. The molecule has 33 heavy (non-hydrogen) atoms. The average Bonchev–Trinajstić information content (AvgIpc) is 3.17. The van der Waals surface area contributed by atoms with Crippen molar-refractivity contribution in [2.75, 3.05) is 0 Å². The summed E-state index contributed by atoms with van der Waals surface area (Å²) in [5, 5.41) is 0. The van der Waals surface area contributed by atoms with Crippen LogP contribution < -0.4 is 0 Å². The van der Waals surface area contributed by atoms with Crippen molar-refractivity contribution in [3.05, 3.63) is 155 Å². The molecule has 0 amide bonds. The molecule has 0 atom stereocenters. The van der Waals surface area contributed by atoms with Crippen LogP contribution in [-0.4, -0.2) is 0 Å². The second-order valence-electron chi connectivity index (χ2n) is 9.12. The molecule has 5 aromatic carbocycles. The van der Waals surface area contributed by atoms with Crippen LogP contribution in [0.3, 0.4) is 0 Å². The highest BCUT2D eigenvalue weighted by Crippen LogP contribution is 2.58. The van der Waals surface area contributed by atoms with Crippen molar-refractivity contribution in [2.45, 2.75) is 19.3 Å². The second kappa shape index (κ2) is 7.60. The van der Waals surface area contributed by atoms with E-state index in [1.54, 1.807) is 0 Å². The van der Waals surface area contributed by atoms with E-state index in [0.29, 0.717) is 0 Å². The molecule has 158 valence electrons. The Bertz CT molecular complexity index is 1390. The van der Waals surface area contributed by atoms with Crippen molar-refractivity contribution in [1.82, 2.24) is 0 Å². The molecule has 0 N–H and O–H groups in total. The van der Waals surface area contributed by atoms with Gasteiger partial charge in [-0.15, -0.1) is 0 Å². The number of aryl methyl sites for hydroxylation is 2. The molecule has 0 heteroatoms. The summed E-state index contributed by atoms with van der Waals surface area (Å²) in [5.41, 5.74) is 12.8.